The lowest BCUT2D eigenvalue weighted by Crippen LogP contribution is -2.12. The lowest BCUT2D eigenvalue weighted by molar-refractivity contribution is 0.601. The van der Waals surface area contributed by atoms with Crippen LogP contribution in [0.4, 0.5) is 5.69 Å². The number of benzene rings is 3. The SMILES string of the molecule is Cc1ccc(S(=O)(=O)Nc2ccc3nc(-c4cccc(C)c4)oc3c2)cc1. The summed E-state index contributed by atoms with van der Waals surface area (Å²) in [6.45, 7) is 3.91. The Bertz CT molecular complexity index is 1230. The lowest BCUT2D eigenvalue weighted by atomic mass is 10.1. The number of oxazole rings is 1. The number of hydrogen-bond donors (Lipinski definition) is 1. The molecule has 0 aliphatic heterocycles. The molecule has 0 unspecified atom stereocenters. The first-order chi connectivity index (χ1) is 12.9. The quantitative estimate of drug-likeness (QED) is 0.547. The molecule has 0 fully saturated rings. The van der Waals surface area contributed by atoms with Gasteiger partial charge in [-0.25, -0.2) is 13.4 Å². The number of hydrogen-bond acceptors (Lipinski definition) is 4. The minimum atomic E-state index is -3.66. The minimum Gasteiger partial charge on any atom is -0.436 e. The predicted octanol–water partition coefficient (Wildman–Crippen LogP) is 4.91. The van der Waals surface area contributed by atoms with E-state index < -0.39 is 10.0 Å². The molecule has 1 aromatic heterocycles. The summed E-state index contributed by atoms with van der Waals surface area (Å²) in [5.41, 5.74) is 4.62. The van der Waals surface area contributed by atoms with Gasteiger partial charge in [-0.3, -0.25) is 4.72 Å². The normalized spacial score (nSPS) is 11.6. The van der Waals surface area contributed by atoms with Crippen molar-refractivity contribution in [1.82, 2.24) is 4.98 Å². The van der Waals surface area contributed by atoms with E-state index in [2.05, 4.69) is 9.71 Å². The zero-order valence-corrected chi connectivity index (χ0v) is 15.7. The van der Waals surface area contributed by atoms with Crippen LogP contribution >= 0.6 is 0 Å². The third-order valence-electron chi connectivity index (χ3n) is 4.24. The van der Waals surface area contributed by atoms with Crippen molar-refractivity contribution in [3.63, 3.8) is 0 Å². The molecule has 0 saturated heterocycles. The van der Waals surface area contributed by atoms with Gasteiger partial charge in [0.1, 0.15) is 5.52 Å². The van der Waals surface area contributed by atoms with Crippen LogP contribution in [0.3, 0.4) is 0 Å². The molecule has 1 N–H and O–H groups in total. The maximum absolute atomic E-state index is 12.6. The van der Waals surface area contributed by atoms with Crippen molar-refractivity contribution in [2.45, 2.75) is 18.7 Å². The van der Waals surface area contributed by atoms with Crippen LogP contribution in [-0.4, -0.2) is 13.4 Å². The zero-order chi connectivity index (χ0) is 19.0. The number of sulfonamides is 1. The monoisotopic (exact) mass is 378 g/mol. The molecule has 0 radical (unpaired) electrons. The van der Waals surface area contributed by atoms with Crippen LogP contribution in [0.2, 0.25) is 0 Å². The molecule has 0 bridgehead atoms. The third-order valence-corrected chi connectivity index (χ3v) is 5.63. The van der Waals surface area contributed by atoms with Gasteiger partial charge in [-0.15, -0.1) is 0 Å². The molecular formula is C21H18N2O3S. The van der Waals surface area contributed by atoms with Crippen LogP contribution in [0, 0.1) is 13.8 Å². The Kier molecular flexibility index (Phi) is 4.20. The topological polar surface area (TPSA) is 72.2 Å². The molecule has 0 amide bonds. The molecule has 27 heavy (non-hydrogen) atoms. The number of anilines is 1. The van der Waals surface area contributed by atoms with Gasteiger partial charge in [0, 0.05) is 11.6 Å². The summed E-state index contributed by atoms with van der Waals surface area (Å²) in [5, 5.41) is 0. The number of aryl methyl sites for hydroxylation is 2. The zero-order valence-electron chi connectivity index (χ0n) is 14.9. The van der Waals surface area contributed by atoms with E-state index in [1.165, 1.54) is 0 Å². The molecule has 0 aliphatic rings. The van der Waals surface area contributed by atoms with Crippen LogP contribution < -0.4 is 4.72 Å². The van der Waals surface area contributed by atoms with Crippen molar-refractivity contribution in [1.29, 1.82) is 0 Å². The Balaban J connectivity index is 1.66. The molecule has 0 saturated carbocycles. The summed E-state index contributed by atoms with van der Waals surface area (Å²) in [7, 11) is -3.66. The summed E-state index contributed by atoms with van der Waals surface area (Å²) in [6.07, 6.45) is 0. The van der Waals surface area contributed by atoms with Gasteiger partial charge in [0.05, 0.1) is 10.6 Å². The Morgan fingerprint density at radius 1 is 0.889 bits per heavy atom. The molecule has 5 nitrogen and oxygen atoms in total. The fraction of sp³-hybridized carbons (Fsp3) is 0.0952. The summed E-state index contributed by atoms with van der Waals surface area (Å²) >= 11 is 0. The summed E-state index contributed by atoms with van der Waals surface area (Å²) in [4.78, 5) is 4.70. The van der Waals surface area contributed by atoms with Crippen molar-refractivity contribution in [3.8, 4) is 11.5 Å². The second-order valence-electron chi connectivity index (χ2n) is 6.49. The second-order valence-corrected chi connectivity index (χ2v) is 8.17. The van der Waals surface area contributed by atoms with Crippen LogP contribution in [0.1, 0.15) is 11.1 Å². The number of nitrogens with one attached hydrogen (secondary N) is 1. The van der Waals surface area contributed by atoms with E-state index in [-0.39, 0.29) is 4.90 Å². The largest absolute Gasteiger partial charge is 0.436 e. The number of aromatic nitrogens is 1. The summed E-state index contributed by atoms with van der Waals surface area (Å²) in [6, 6.07) is 19.6. The smallest absolute Gasteiger partial charge is 0.261 e. The van der Waals surface area contributed by atoms with Gasteiger partial charge in [0.15, 0.2) is 5.58 Å². The Morgan fingerprint density at radius 3 is 2.41 bits per heavy atom. The van der Waals surface area contributed by atoms with Gasteiger partial charge in [0.2, 0.25) is 5.89 Å². The van der Waals surface area contributed by atoms with Crippen molar-refractivity contribution < 1.29 is 12.8 Å². The van der Waals surface area contributed by atoms with Crippen LogP contribution in [-0.2, 0) is 10.0 Å². The fourth-order valence-electron chi connectivity index (χ4n) is 2.82. The third kappa shape index (κ3) is 3.57. The first-order valence-corrected chi connectivity index (χ1v) is 9.96. The first kappa shape index (κ1) is 17.3. The molecular weight excluding hydrogens is 360 g/mol. The molecule has 4 aromatic rings. The lowest BCUT2D eigenvalue weighted by Gasteiger charge is -2.08. The second kappa shape index (κ2) is 6.55. The van der Waals surface area contributed by atoms with Crippen molar-refractivity contribution in [2.75, 3.05) is 4.72 Å². The van der Waals surface area contributed by atoms with E-state index in [0.29, 0.717) is 22.7 Å². The number of fused-ring (bicyclic) bond motifs is 1. The highest BCUT2D eigenvalue weighted by Crippen LogP contribution is 2.27. The molecule has 6 heteroatoms. The molecule has 136 valence electrons. The van der Waals surface area contributed by atoms with E-state index in [9.17, 15) is 8.42 Å². The molecule has 0 atom stereocenters. The van der Waals surface area contributed by atoms with Gasteiger partial charge in [0.25, 0.3) is 10.0 Å². The van der Waals surface area contributed by atoms with E-state index in [0.717, 1.165) is 16.7 Å². The Hall–Kier alpha value is -3.12. The molecule has 4 rings (SSSR count). The van der Waals surface area contributed by atoms with E-state index in [1.54, 1.807) is 42.5 Å². The van der Waals surface area contributed by atoms with Crippen LogP contribution in [0.15, 0.2) is 76.0 Å². The summed E-state index contributed by atoms with van der Waals surface area (Å²) < 4.78 is 33.5. The standard InChI is InChI=1S/C21H18N2O3S/c1-14-6-9-18(10-7-14)27(24,25)23-17-8-11-19-20(13-17)26-21(22-19)16-5-3-4-15(2)12-16/h3-13,23H,1-2H3. The van der Waals surface area contributed by atoms with Crippen LogP contribution in [0.25, 0.3) is 22.6 Å². The average molecular weight is 378 g/mol. The average Bonchev–Trinajstić information content (AvgIpc) is 3.05. The first-order valence-electron chi connectivity index (χ1n) is 8.48. The van der Waals surface area contributed by atoms with Gasteiger partial charge in [-0.2, -0.15) is 0 Å². The van der Waals surface area contributed by atoms with Crippen LogP contribution in [0.5, 0.6) is 0 Å². The Labute approximate surface area is 157 Å². The molecule has 1 heterocycles. The maximum atomic E-state index is 12.6. The fourth-order valence-corrected chi connectivity index (χ4v) is 3.87. The molecule has 0 aliphatic carbocycles. The number of rotatable bonds is 4. The number of nitrogens with zero attached hydrogens (tertiary/aromatic N) is 1. The van der Waals surface area contributed by atoms with E-state index >= 15 is 0 Å². The molecule has 3 aromatic carbocycles. The van der Waals surface area contributed by atoms with Crippen molar-refractivity contribution in [3.05, 3.63) is 77.9 Å². The predicted molar refractivity (Wildman–Crippen MR) is 106 cm³/mol. The summed E-state index contributed by atoms with van der Waals surface area (Å²) in [5.74, 6) is 0.507. The van der Waals surface area contributed by atoms with Gasteiger partial charge >= 0.3 is 0 Å². The Morgan fingerprint density at radius 2 is 1.67 bits per heavy atom. The highest BCUT2D eigenvalue weighted by molar-refractivity contribution is 7.92. The van der Waals surface area contributed by atoms with E-state index in [4.69, 9.17) is 4.42 Å². The minimum absolute atomic E-state index is 0.214. The van der Waals surface area contributed by atoms with Crippen molar-refractivity contribution >= 4 is 26.8 Å². The van der Waals surface area contributed by atoms with Crippen molar-refractivity contribution in [2.24, 2.45) is 0 Å². The highest BCUT2D eigenvalue weighted by Gasteiger charge is 2.15. The van der Waals surface area contributed by atoms with Gasteiger partial charge < -0.3 is 4.42 Å². The maximum Gasteiger partial charge on any atom is 0.261 e. The van der Waals surface area contributed by atoms with Gasteiger partial charge in [-0.05, 0) is 50.2 Å². The molecule has 0 spiro atoms. The van der Waals surface area contributed by atoms with Gasteiger partial charge in [-0.1, -0.05) is 35.4 Å². The highest BCUT2D eigenvalue weighted by atomic mass is 32.2. The van der Waals surface area contributed by atoms with E-state index in [1.807, 2.05) is 38.1 Å².